The molecule has 0 aromatic heterocycles. The first kappa shape index (κ1) is 17.9. The monoisotopic (exact) mass is 305 g/mol. The molecule has 120 valence electrons. The van der Waals surface area contributed by atoms with E-state index in [1.807, 2.05) is 20.8 Å². The molecule has 2 N–H and O–H groups in total. The highest BCUT2D eigenvalue weighted by atomic mass is 32.2. The fraction of sp³-hybridized carbons (Fsp3) is 1.00. The van der Waals surface area contributed by atoms with Crippen molar-refractivity contribution in [2.75, 3.05) is 12.3 Å². The molecule has 0 radical (unpaired) electrons. The van der Waals surface area contributed by atoms with Gasteiger partial charge in [0.2, 0.25) is 10.0 Å². The lowest BCUT2D eigenvalue weighted by atomic mass is 9.78. The van der Waals surface area contributed by atoms with E-state index in [9.17, 15) is 13.5 Å². The molecule has 0 amide bonds. The highest BCUT2D eigenvalue weighted by Gasteiger charge is 2.33. The van der Waals surface area contributed by atoms with Crippen molar-refractivity contribution < 1.29 is 13.5 Å². The summed E-state index contributed by atoms with van der Waals surface area (Å²) in [7, 11) is -3.28. The second kappa shape index (κ2) is 6.75. The maximum atomic E-state index is 12.0. The molecule has 0 unspecified atom stereocenters. The number of rotatable bonds is 6. The molecule has 1 saturated carbocycles. The topological polar surface area (TPSA) is 66.4 Å². The van der Waals surface area contributed by atoms with Gasteiger partial charge in [-0.25, -0.2) is 13.1 Å². The third kappa shape index (κ3) is 6.55. The molecular formula is C15H31NO3S. The van der Waals surface area contributed by atoms with Gasteiger partial charge in [0.15, 0.2) is 0 Å². The first-order valence-electron chi connectivity index (χ1n) is 7.75. The van der Waals surface area contributed by atoms with E-state index >= 15 is 0 Å². The highest BCUT2D eigenvalue weighted by Crippen LogP contribution is 2.33. The van der Waals surface area contributed by atoms with Crippen molar-refractivity contribution >= 4 is 10.0 Å². The van der Waals surface area contributed by atoms with Crippen LogP contribution in [-0.2, 0) is 10.0 Å². The summed E-state index contributed by atoms with van der Waals surface area (Å²) in [6, 6.07) is 0. The first-order valence-corrected chi connectivity index (χ1v) is 9.40. The number of hydrogen-bond acceptors (Lipinski definition) is 3. The molecule has 5 heteroatoms. The van der Waals surface area contributed by atoms with Gasteiger partial charge in [0.1, 0.15) is 0 Å². The summed E-state index contributed by atoms with van der Waals surface area (Å²) in [5.74, 6) is 0.817. The largest absolute Gasteiger partial charge is 0.389 e. The minimum Gasteiger partial charge on any atom is -0.389 e. The third-order valence-electron chi connectivity index (χ3n) is 4.36. The van der Waals surface area contributed by atoms with E-state index in [4.69, 9.17) is 0 Å². The van der Waals surface area contributed by atoms with Crippen LogP contribution in [0.15, 0.2) is 0 Å². The summed E-state index contributed by atoms with van der Waals surface area (Å²) in [5.41, 5.74) is -0.842. The number of sulfonamides is 1. The van der Waals surface area contributed by atoms with Gasteiger partial charge in [-0.05, 0) is 43.4 Å². The Labute approximate surface area is 124 Å². The molecule has 1 rings (SSSR count). The van der Waals surface area contributed by atoms with Gasteiger partial charge in [-0.1, -0.05) is 34.1 Å². The Morgan fingerprint density at radius 3 is 2.25 bits per heavy atom. The van der Waals surface area contributed by atoms with Crippen LogP contribution >= 0.6 is 0 Å². The second-order valence-electron chi connectivity index (χ2n) is 7.53. The lowest BCUT2D eigenvalue weighted by Gasteiger charge is -2.35. The average Bonchev–Trinajstić information content (AvgIpc) is 2.35. The van der Waals surface area contributed by atoms with Gasteiger partial charge in [0.05, 0.1) is 11.4 Å². The first-order chi connectivity index (χ1) is 9.05. The van der Waals surface area contributed by atoms with Gasteiger partial charge in [-0.15, -0.1) is 0 Å². The SMILES string of the molecule is CCC1CCC(O)(CNS(=O)(=O)CCC(C)(C)C)CC1. The van der Waals surface area contributed by atoms with Gasteiger partial charge in [0.25, 0.3) is 0 Å². The van der Waals surface area contributed by atoms with Crippen molar-refractivity contribution in [3.05, 3.63) is 0 Å². The maximum Gasteiger partial charge on any atom is 0.211 e. The zero-order chi connectivity index (χ0) is 15.4. The molecule has 0 spiro atoms. The molecule has 20 heavy (non-hydrogen) atoms. The van der Waals surface area contributed by atoms with Crippen LogP contribution in [0.4, 0.5) is 0 Å². The summed E-state index contributed by atoms with van der Waals surface area (Å²) in [6.07, 6.45) is 5.17. The van der Waals surface area contributed by atoms with Crippen LogP contribution in [-0.4, -0.2) is 31.4 Å². The molecule has 0 saturated heterocycles. The van der Waals surface area contributed by atoms with Crippen molar-refractivity contribution in [3.8, 4) is 0 Å². The van der Waals surface area contributed by atoms with E-state index in [1.54, 1.807) is 0 Å². The van der Waals surface area contributed by atoms with E-state index in [1.165, 1.54) is 0 Å². The van der Waals surface area contributed by atoms with Crippen LogP contribution in [0.2, 0.25) is 0 Å². The quantitative estimate of drug-likeness (QED) is 0.793. The van der Waals surface area contributed by atoms with Crippen LogP contribution in [0.25, 0.3) is 0 Å². The smallest absolute Gasteiger partial charge is 0.211 e. The van der Waals surface area contributed by atoms with Crippen molar-refractivity contribution in [2.45, 2.75) is 71.8 Å². The van der Waals surface area contributed by atoms with Gasteiger partial charge in [-0.2, -0.15) is 0 Å². The van der Waals surface area contributed by atoms with Gasteiger partial charge >= 0.3 is 0 Å². The molecule has 1 fully saturated rings. The summed E-state index contributed by atoms with van der Waals surface area (Å²) in [6.45, 7) is 8.42. The Balaban J connectivity index is 2.42. The second-order valence-corrected chi connectivity index (χ2v) is 9.45. The van der Waals surface area contributed by atoms with Crippen LogP contribution in [0.1, 0.15) is 66.2 Å². The third-order valence-corrected chi connectivity index (χ3v) is 5.68. The Hall–Kier alpha value is -0.130. The predicted octanol–water partition coefficient (Wildman–Crippen LogP) is 2.67. The Morgan fingerprint density at radius 2 is 1.80 bits per heavy atom. The molecule has 1 aliphatic carbocycles. The number of aliphatic hydroxyl groups is 1. The van der Waals surface area contributed by atoms with E-state index in [0.717, 1.165) is 19.3 Å². The van der Waals surface area contributed by atoms with Gasteiger partial charge < -0.3 is 5.11 Å². The standard InChI is InChI=1S/C15H31NO3S/c1-5-13-6-8-15(17,9-7-13)12-16-20(18,19)11-10-14(2,3)4/h13,16-17H,5-12H2,1-4H3. The molecule has 0 aromatic carbocycles. The van der Waals surface area contributed by atoms with Crippen LogP contribution in [0.5, 0.6) is 0 Å². The minimum atomic E-state index is -3.28. The highest BCUT2D eigenvalue weighted by molar-refractivity contribution is 7.89. The Morgan fingerprint density at radius 1 is 1.25 bits per heavy atom. The molecular weight excluding hydrogens is 274 g/mol. The summed E-state index contributed by atoms with van der Waals surface area (Å²) in [4.78, 5) is 0. The Bertz CT molecular complexity index is 390. The summed E-state index contributed by atoms with van der Waals surface area (Å²) >= 11 is 0. The Kier molecular flexibility index (Phi) is 6.05. The van der Waals surface area contributed by atoms with E-state index in [2.05, 4.69) is 11.6 Å². The van der Waals surface area contributed by atoms with E-state index in [-0.39, 0.29) is 17.7 Å². The summed E-state index contributed by atoms with van der Waals surface area (Å²) < 4.78 is 26.5. The predicted molar refractivity (Wildman–Crippen MR) is 83.1 cm³/mol. The molecule has 1 aliphatic rings. The lowest BCUT2D eigenvalue weighted by molar-refractivity contribution is -0.00443. The molecule has 0 aromatic rings. The number of hydrogen-bond donors (Lipinski definition) is 2. The van der Waals surface area contributed by atoms with E-state index < -0.39 is 15.6 Å². The van der Waals surface area contributed by atoms with Crippen molar-refractivity contribution in [3.63, 3.8) is 0 Å². The summed E-state index contributed by atoms with van der Waals surface area (Å²) in [5, 5.41) is 10.4. The maximum absolute atomic E-state index is 12.0. The minimum absolute atomic E-state index is 0.00480. The van der Waals surface area contributed by atoms with Crippen molar-refractivity contribution in [2.24, 2.45) is 11.3 Å². The fourth-order valence-corrected chi connectivity index (χ4v) is 4.07. The lowest BCUT2D eigenvalue weighted by Crippen LogP contribution is -2.46. The average molecular weight is 305 g/mol. The zero-order valence-corrected chi connectivity index (χ0v) is 14.2. The van der Waals surface area contributed by atoms with Gasteiger partial charge in [0, 0.05) is 6.54 Å². The molecule has 0 aliphatic heterocycles. The van der Waals surface area contributed by atoms with Crippen LogP contribution in [0, 0.1) is 11.3 Å². The molecule has 0 atom stereocenters. The molecule has 0 bridgehead atoms. The zero-order valence-electron chi connectivity index (χ0n) is 13.4. The normalized spacial score (nSPS) is 28.6. The van der Waals surface area contributed by atoms with Crippen LogP contribution in [0.3, 0.4) is 0 Å². The van der Waals surface area contributed by atoms with Crippen molar-refractivity contribution in [1.82, 2.24) is 4.72 Å². The fourth-order valence-electron chi connectivity index (χ4n) is 2.56. The van der Waals surface area contributed by atoms with Gasteiger partial charge in [-0.3, -0.25) is 0 Å². The molecule has 0 heterocycles. The number of nitrogens with one attached hydrogen (secondary N) is 1. The van der Waals surface area contributed by atoms with Crippen molar-refractivity contribution in [1.29, 1.82) is 0 Å². The van der Waals surface area contributed by atoms with E-state index in [0.29, 0.717) is 25.2 Å². The van der Waals surface area contributed by atoms with Crippen LogP contribution < -0.4 is 4.72 Å². The molecule has 4 nitrogen and oxygen atoms in total.